The SMILES string of the molecule is O=C(CNC(=O)C1CC(c2ccc(F)cc2)=NO1)NCc1ccccn1. The summed E-state index contributed by atoms with van der Waals surface area (Å²) in [5, 5.41) is 9.04. The maximum Gasteiger partial charge on any atom is 0.264 e. The van der Waals surface area contributed by atoms with Crippen LogP contribution in [0.25, 0.3) is 0 Å². The molecule has 2 N–H and O–H groups in total. The van der Waals surface area contributed by atoms with Crippen LogP contribution in [0.4, 0.5) is 4.39 Å². The zero-order valence-electron chi connectivity index (χ0n) is 13.8. The van der Waals surface area contributed by atoms with Gasteiger partial charge in [0, 0.05) is 12.6 Å². The van der Waals surface area contributed by atoms with Gasteiger partial charge in [0.2, 0.25) is 12.0 Å². The lowest BCUT2D eigenvalue weighted by molar-refractivity contribution is -0.133. The van der Waals surface area contributed by atoms with E-state index < -0.39 is 12.0 Å². The summed E-state index contributed by atoms with van der Waals surface area (Å²) >= 11 is 0. The van der Waals surface area contributed by atoms with Crippen LogP contribution in [0, 0.1) is 5.82 Å². The van der Waals surface area contributed by atoms with Gasteiger partial charge in [0.25, 0.3) is 5.91 Å². The molecule has 0 radical (unpaired) electrons. The maximum atomic E-state index is 12.9. The number of amides is 2. The van der Waals surface area contributed by atoms with Crippen molar-refractivity contribution in [2.24, 2.45) is 5.16 Å². The van der Waals surface area contributed by atoms with E-state index in [1.807, 2.05) is 6.07 Å². The number of rotatable bonds is 6. The van der Waals surface area contributed by atoms with Gasteiger partial charge in [-0.3, -0.25) is 14.6 Å². The molecule has 0 spiro atoms. The Morgan fingerprint density at radius 3 is 2.69 bits per heavy atom. The molecule has 0 saturated heterocycles. The van der Waals surface area contributed by atoms with Crippen LogP contribution in [0.2, 0.25) is 0 Å². The predicted octanol–water partition coefficient (Wildman–Crippen LogP) is 1.15. The molecule has 2 heterocycles. The molecule has 1 aliphatic rings. The minimum atomic E-state index is -0.807. The molecule has 1 aromatic heterocycles. The van der Waals surface area contributed by atoms with Gasteiger partial charge >= 0.3 is 0 Å². The highest BCUT2D eigenvalue weighted by molar-refractivity contribution is 6.04. The number of aromatic nitrogens is 1. The second-order valence-corrected chi connectivity index (χ2v) is 5.66. The number of pyridine rings is 1. The van der Waals surface area contributed by atoms with E-state index in [1.165, 1.54) is 12.1 Å². The molecule has 134 valence electrons. The molecular formula is C18H17FN4O3. The van der Waals surface area contributed by atoms with Crippen molar-refractivity contribution in [3.63, 3.8) is 0 Å². The van der Waals surface area contributed by atoms with Crippen molar-refractivity contribution in [2.45, 2.75) is 19.1 Å². The molecule has 26 heavy (non-hydrogen) atoms. The lowest BCUT2D eigenvalue weighted by Gasteiger charge is -2.09. The lowest BCUT2D eigenvalue weighted by atomic mass is 10.0. The van der Waals surface area contributed by atoms with Crippen molar-refractivity contribution in [3.05, 3.63) is 65.7 Å². The summed E-state index contributed by atoms with van der Waals surface area (Å²) in [6.07, 6.45) is 1.09. The van der Waals surface area contributed by atoms with Crippen molar-refractivity contribution in [1.29, 1.82) is 0 Å². The van der Waals surface area contributed by atoms with Crippen LogP contribution in [-0.4, -0.2) is 35.2 Å². The Morgan fingerprint density at radius 2 is 1.96 bits per heavy atom. The first-order valence-corrected chi connectivity index (χ1v) is 8.05. The smallest absolute Gasteiger partial charge is 0.264 e. The number of carbonyl (C=O) groups is 2. The molecule has 2 aromatic rings. The third kappa shape index (κ3) is 4.62. The van der Waals surface area contributed by atoms with Crippen LogP contribution in [0.1, 0.15) is 17.7 Å². The summed E-state index contributed by atoms with van der Waals surface area (Å²) < 4.78 is 12.9. The van der Waals surface area contributed by atoms with Gasteiger partial charge in [-0.2, -0.15) is 0 Å². The average Bonchev–Trinajstić information content (AvgIpc) is 3.16. The molecular weight excluding hydrogens is 339 g/mol. The molecule has 1 atom stereocenters. The zero-order chi connectivity index (χ0) is 18.4. The highest BCUT2D eigenvalue weighted by atomic mass is 19.1. The van der Waals surface area contributed by atoms with E-state index in [4.69, 9.17) is 4.84 Å². The third-order valence-corrected chi connectivity index (χ3v) is 3.75. The molecule has 0 bridgehead atoms. The summed E-state index contributed by atoms with van der Waals surface area (Å²) in [5.74, 6) is -1.11. The first-order valence-electron chi connectivity index (χ1n) is 8.05. The Kier molecular flexibility index (Phi) is 5.52. The molecule has 8 heteroatoms. The Hall–Kier alpha value is -3.29. The normalized spacial score (nSPS) is 15.7. The lowest BCUT2D eigenvalue weighted by Crippen LogP contribution is -2.41. The minimum absolute atomic E-state index is 0.169. The van der Waals surface area contributed by atoms with Crippen molar-refractivity contribution in [3.8, 4) is 0 Å². The molecule has 1 unspecified atom stereocenters. The van der Waals surface area contributed by atoms with E-state index in [0.717, 1.165) is 5.69 Å². The van der Waals surface area contributed by atoms with Crippen LogP contribution >= 0.6 is 0 Å². The van der Waals surface area contributed by atoms with Gasteiger partial charge in [0.15, 0.2) is 0 Å². The minimum Gasteiger partial charge on any atom is -0.382 e. The van der Waals surface area contributed by atoms with Crippen LogP contribution in [0.5, 0.6) is 0 Å². The number of nitrogens with zero attached hydrogens (tertiary/aromatic N) is 2. The second kappa shape index (κ2) is 8.19. The van der Waals surface area contributed by atoms with E-state index in [2.05, 4.69) is 20.8 Å². The van der Waals surface area contributed by atoms with Crippen molar-refractivity contribution in [1.82, 2.24) is 15.6 Å². The number of benzene rings is 1. The fourth-order valence-electron chi connectivity index (χ4n) is 2.37. The van der Waals surface area contributed by atoms with E-state index in [0.29, 0.717) is 11.3 Å². The molecule has 0 aliphatic carbocycles. The molecule has 3 rings (SSSR count). The number of nitrogens with one attached hydrogen (secondary N) is 2. The van der Waals surface area contributed by atoms with Gasteiger partial charge < -0.3 is 15.5 Å². The van der Waals surface area contributed by atoms with Gasteiger partial charge in [-0.05, 0) is 29.8 Å². The summed E-state index contributed by atoms with van der Waals surface area (Å²) in [7, 11) is 0. The fraction of sp³-hybridized carbons (Fsp3) is 0.222. The van der Waals surface area contributed by atoms with Crippen molar-refractivity contribution in [2.75, 3.05) is 6.54 Å². The number of carbonyl (C=O) groups excluding carboxylic acids is 2. The number of oxime groups is 1. The summed E-state index contributed by atoms with van der Waals surface area (Å²) in [5.41, 5.74) is 1.98. The summed E-state index contributed by atoms with van der Waals surface area (Å²) in [6.45, 7) is 0.116. The van der Waals surface area contributed by atoms with E-state index in [-0.39, 0.29) is 31.2 Å². The number of hydrogen-bond acceptors (Lipinski definition) is 5. The van der Waals surface area contributed by atoms with Crippen LogP contribution in [0.3, 0.4) is 0 Å². The first kappa shape index (κ1) is 17.5. The molecule has 0 fully saturated rings. The van der Waals surface area contributed by atoms with Crippen LogP contribution in [-0.2, 0) is 21.0 Å². The fourth-order valence-corrected chi connectivity index (χ4v) is 2.37. The van der Waals surface area contributed by atoms with Gasteiger partial charge in [-0.25, -0.2) is 4.39 Å². The Morgan fingerprint density at radius 1 is 1.15 bits per heavy atom. The highest BCUT2D eigenvalue weighted by Gasteiger charge is 2.29. The second-order valence-electron chi connectivity index (χ2n) is 5.66. The molecule has 2 amide bonds. The molecule has 7 nitrogen and oxygen atoms in total. The maximum absolute atomic E-state index is 12.9. The quantitative estimate of drug-likeness (QED) is 0.812. The van der Waals surface area contributed by atoms with Gasteiger partial charge in [-0.15, -0.1) is 0 Å². The summed E-state index contributed by atoms with van der Waals surface area (Å²) in [6, 6.07) is 11.2. The monoisotopic (exact) mass is 356 g/mol. The third-order valence-electron chi connectivity index (χ3n) is 3.75. The molecule has 1 aliphatic heterocycles. The van der Waals surface area contributed by atoms with Gasteiger partial charge in [-0.1, -0.05) is 23.4 Å². The standard InChI is InChI=1S/C18H17FN4O3/c19-13-6-4-12(5-7-13)15-9-16(26-23-15)18(25)22-11-17(24)21-10-14-3-1-2-8-20-14/h1-8,16H,9-11H2,(H,21,24)(H,22,25). The average molecular weight is 356 g/mol. The van der Waals surface area contributed by atoms with E-state index >= 15 is 0 Å². The summed E-state index contributed by atoms with van der Waals surface area (Å²) in [4.78, 5) is 33.1. The number of hydrogen-bond donors (Lipinski definition) is 2. The zero-order valence-corrected chi connectivity index (χ0v) is 13.8. The van der Waals surface area contributed by atoms with E-state index in [9.17, 15) is 14.0 Å². The first-order chi connectivity index (χ1) is 12.6. The Bertz CT molecular complexity index is 809. The van der Waals surface area contributed by atoms with Gasteiger partial charge in [0.05, 0.1) is 24.5 Å². The van der Waals surface area contributed by atoms with Gasteiger partial charge in [0.1, 0.15) is 5.82 Å². The highest BCUT2D eigenvalue weighted by Crippen LogP contribution is 2.17. The molecule has 0 saturated carbocycles. The largest absolute Gasteiger partial charge is 0.382 e. The van der Waals surface area contributed by atoms with E-state index in [1.54, 1.807) is 30.5 Å². The molecule has 1 aromatic carbocycles. The topological polar surface area (TPSA) is 92.7 Å². The Balaban J connectivity index is 1.41. The Labute approximate surface area is 149 Å². The van der Waals surface area contributed by atoms with Crippen molar-refractivity contribution >= 4 is 17.5 Å². The number of halogens is 1. The van der Waals surface area contributed by atoms with Crippen LogP contribution in [0.15, 0.2) is 53.8 Å². The predicted molar refractivity (Wildman–Crippen MR) is 91.5 cm³/mol. The van der Waals surface area contributed by atoms with Crippen LogP contribution < -0.4 is 10.6 Å². The van der Waals surface area contributed by atoms with Crippen molar-refractivity contribution < 1.29 is 18.8 Å².